The predicted octanol–water partition coefficient (Wildman–Crippen LogP) is 5.84. The Morgan fingerprint density at radius 3 is 2.07 bits per heavy atom. The molecule has 0 radical (unpaired) electrons. The average molecular weight is 405 g/mol. The standard InChI is InChI=1S/C25H40O4/c1-6-25(18-27-19-25)17-26-16-10-8-7-9-11-20-12-14-21(15-13-20)22-28-23(2,3)24(4,5)29-22/h12-15,22H,6-11,16-19H2,1-5H3. The lowest BCUT2D eigenvalue weighted by molar-refractivity contribution is -0.150. The Morgan fingerprint density at radius 1 is 0.897 bits per heavy atom. The largest absolute Gasteiger partial charge is 0.381 e. The van der Waals surface area contributed by atoms with Crippen LogP contribution in [0.25, 0.3) is 0 Å². The summed E-state index contributed by atoms with van der Waals surface area (Å²) in [5, 5.41) is 0. The van der Waals surface area contributed by atoms with Crippen molar-refractivity contribution in [1.82, 2.24) is 0 Å². The Balaban J connectivity index is 1.29. The summed E-state index contributed by atoms with van der Waals surface area (Å²) in [6, 6.07) is 8.74. The van der Waals surface area contributed by atoms with E-state index >= 15 is 0 Å². The smallest absolute Gasteiger partial charge is 0.185 e. The molecule has 0 atom stereocenters. The van der Waals surface area contributed by atoms with E-state index in [1.54, 1.807) is 0 Å². The Morgan fingerprint density at radius 2 is 1.52 bits per heavy atom. The van der Waals surface area contributed by atoms with Gasteiger partial charge in [-0.15, -0.1) is 0 Å². The highest BCUT2D eigenvalue weighted by Gasteiger charge is 2.49. The third-order valence-electron chi connectivity index (χ3n) is 6.98. The molecule has 0 bridgehead atoms. The van der Waals surface area contributed by atoms with Gasteiger partial charge in [-0.1, -0.05) is 44.0 Å². The number of unbranched alkanes of at least 4 members (excludes halogenated alkanes) is 3. The van der Waals surface area contributed by atoms with E-state index in [-0.39, 0.29) is 17.5 Å². The number of rotatable bonds is 11. The molecule has 2 aliphatic heterocycles. The first-order valence-corrected chi connectivity index (χ1v) is 11.4. The van der Waals surface area contributed by atoms with Crippen molar-refractivity contribution in [1.29, 1.82) is 0 Å². The number of benzene rings is 1. The van der Waals surface area contributed by atoms with Crippen LogP contribution in [0.2, 0.25) is 0 Å². The molecule has 4 heteroatoms. The van der Waals surface area contributed by atoms with Crippen molar-refractivity contribution < 1.29 is 18.9 Å². The first kappa shape index (κ1) is 22.7. The quantitative estimate of drug-likeness (QED) is 0.435. The molecule has 164 valence electrons. The molecule has 2 heterocycles. The molecule has 0 aromatic heterocycles. The second-order valence-corrected chi connectivity index (χ2v) is 9.89. The first-order chi connectivity index (χ1) is 13.8. The number of hydrogen-bond acceptors (Lipinski definition) is 4. The van der Waals surface area contributed by atoms with E-state index in [2.05, 4.69) is 58.9 Å². The minimum Gasteiger partial charge on any atom is -0.381 e. The minimum atomic E-state index is -0.289. The van der Waals surface area contributed by atoms with Crippen molar-refractivity contribution in [2.24, 2.45) is 5.41 Å². The summed E-state index contributed by atoms with van der Waals surface area (Å²) in [5.74, 6) is 0. The van der Waals surface area contributed by atoms with Gasteiger partial charge >= 0.3 is 0 Å². The van der Waals surface area contributed by atoms with Gasteiger partial charge in [0.05, 0.1) is 31.0 Å². The van der Waals surface area contributed by atoms with E-state index in [0.717, 1.165) is 51.3 Å². The van der Waals surface area contributed by atoms with Crippen LogP contribution in [0.1, 0.15) is 84.1 Å². The molecule has 2 saturated heterocycles. The zero-order valence-electron chi connectivity index (χ0n) is 19.1. The van der Waals surface area contributed by atoms with Gasteiger partial charge in [0.2, 0.25) is 0 Å². The topological polar surface area (TPSA) is 36.9 Å². The third-order valence-corrected chi connectivity index (χ3v) is 6.98. The van der Waals surface area contributed by atoms with Crippen LogP contribution in [0.3, 0.4) is 0 Å². The Hall–Kier alpha value is -0.940. The van der Waals surface area contributed by atoms with Crippen LogP contribution in [0.15, 0.2) is 24.3 Å². The van der Waals surface area contributed by atoms with Crippen molar-refractivity contribution in [2.45, 2.75) is 90.6 Å². The van der Waals surface area contributed by atoms with Crippen LogP contribution >= 0.6 is 0 Å². The second kappa shape index (κ2) is 9.47. The molecular weight excluding hydrogens is 364 g/mol. The van der Waals surface area contributed by atoms with Crippen LogP contribution < -0.4 is 0 Å². The zero-order chi connectivity index (χ0) is 21.0. The van der Waals surface area contributed by atoms with Gasteiger partial charge in [-0.2, -0.15) is 0 Å². The van der Waals surface area contributed by atoms with Gasteiger partial charge < -0.3 is 18.9 Å². The SMILES string of the molecule is CCC1(COCCCCCCc2ccc(C3OC(C)(C)C(C)(C)O3)cc2)COC1. The zero-order valence-corrected chi connectivity index (χ0v) is 19.1. The molecule has 0 unspecified atom stereocenters. The van der Waals surface area contributed by atoms with Gasteiger partial charge in [-0.05, 0) is 58.9 Å². The summed E-state index contributed by atoms with van der Waals surface area (Å²) in [4.78, 5) is 0. The van der Waals surface area contributed by atoms with Gasteiger partial charge in [0.25, 0.3) is 0 Å². The lowest BCUT2D eigenvalue weighted by Gasteiger charge is -2.40. The summed E-state index contributed by atoms with van der Waals surface area (Å²) in [6.07, 6.45) is 6.88. The summed E-state index contributed by atoms with van der Waals surface area (Å²) in [5.41, 5.74) is 2.22. The summed E-state index contributed by atoms with van der Waals surface area (Å²) < 4.78 is 23.5. The molecule has 0 aliphatic carbocycles. The monoisotopic (exact) mass is 404 g/mol. The van der Waals surface area contributed by atoms with Crippen molar-refractivity contribution in [3.05, 3.63) is 35.4 Å². The molecular formula is C25H40O4. The van der Waals surface area contributed by atoms with E-state index in [1.165, 1.54) is 24.8 Å². The molecule has 0 amide bonds. The molecule has 0 spiro atoms. The molecule has 2 aliphatic rings. The Labute approximate surface area is 177 Å². The molecule has 1 aromatic rings. The molecule has 4 nitrogen and oxygen atoms in total. The summed E-state index contributed by atoms with van der Waals surface area (Å²) >= 11 is 0. The van der Waals surface area contributed by atoms with Crippen LogP contribution in [-0.2, 0) is 25.4 Å². The van der Waals surface area contributed by atoms with Crippen LogP contribution in [-0.4, -0.2) is 37.6 Å². The maximum absolute atomic E-state index is 6.13. The first-order valence-electron chi connectivity index (χ1n) is 11.4. The summed E-state index contributed by atoms with van der Waals surface area (Å²) in [6.45, 7) is 14.1. The fraction of sp³-hybridized carbons (Fsp3) is 0.760. The highest BCUT2D eigenvalue weighted by molar-refractivity contribution is 5.24. The summed E-state index contributed by atoms with van der Waals surface area (Å²) in [7, 11) is 0. The number of aryl methyl sites for hydroxylation is 1. The number of hydrogen-bond donors (Lipinski definition) is 0. The van der Waals surface area contributed by atoms with Gasteiger partial charge in [0.15, 0.2) is 6.29 Å². The van der Waals surface area contributed by atoms with Crippen molar-refractivity contribution in [3.8, 4) is 0 Å². The molecule has 3 rings (SSSR count). The lowest BCUT2D eigenvalue weighted by Crippen LogP contribution is -2.45. The fourth-order valence-electron chi connectivity index (χ4n) is 3.78. The van der Waals surface area contributed by atoms with E-state index < -0.39 is 0 Å². The van der Waals surface area contributed by atoms with Crippen molar-refractivity contribution >= 4 is 0 Å². The predicted molar refractivity (Wildman–Crippen MR) is 116 cm³/mol. The fourth-order valence-corrected chi connectivity index (χ4v) is 3.78. The average Bonchev–Trinajstić information content (AvgIpc) is 2.87. The Bertz CT molecular complexity index is 609. The van der Waals surface area contributed by atoms with Crippen LogP contribution in [0.5, 0.6) is 0 Å². The van der Waals surface area contributed by atoms with E-state index in [9.17, 15) is 0 Å². The van der Waals surface area contributed by atoms with Crippen molar-refractivity contribution in [3.63, 3.8) is 0 Å². The molecule has 29 heavy (non-hydrogen) atoms. The Kier molecular flexibility index (Phi) is 7.42. The molecule has 0 saturated carbocycles. The van der Waals surface area contributed by atoms with E-state index in [0.29, 0.717) is 5.41 Å². The second-order valence-electron chi connectivity index (χ2n) is 9.89. The normalized spacial score (nSPS) is 22.5. The lowest BCUT2D eigenvalue weighted by atomic mass is 9.84. The maximum Gasteiger partial charge on any atom is 0.185 e. The van der Waals surface area contributed by atoms with Gasteiger partial charge in [-0.25, -0.2) is 0 Å². The highest BCUT2D eigenvalue weighted by atomic mass is 16.7. The van der Waals surface area contributed by atoms with Gasteiger partial charge in [0, 0.05) is 17.6 Å². The van der Waals surface area contributed by atoms with Gasteiger partial charge in [0.1, 0.15) is 0 Å². The highest BCUT2D eigenvalue weighted by Crippen LogP contribution is 2.44. The maximum atomic E-state index is 6.13. The number of ether oxygens (including phenoxy) is 4. The third kappa shape index (κ3) is 5.61. The molecule has 2 fully saturated rings. The minimum absolute atomic E-state index is 0.271. The van der Waals surface area contributed by atoms with Crippen LogP contribution in [0, 0.1) is 5.41 Å². The van der Waals surface area contributed by atoms with Crippen LogP contribution in [0.4, 0.5) is 0 Å². The molecule has 0 N–H and O–H groups in total. The van der Waals surface area contributed by atoms with Gasteiger partial charge in [-0.3, -0.25) is 0 Å². The van der Waals surface area contributed by atoms with Crippen molar-refractivity contribution in [2.75, 3.05) is 26.4 Å². The molecule has 1 aromatic carbocycles. The van der Waals surface area contributed by atoms with E-state index in [4.69, 9.17) is 18.9 Å². The van der Waals surface area contributed by atoms with E-state index in [1.807, 2.05) is 0 Å².